The second-order valence-corrected chi connectivity index (χ2v) is 5.48. The number of nitrogens with zero attached hydrogens (tertiary/aromatic N) is 2. The van der Waals surface area contributed by atoms with Crippen molar-refractivity contribution < 1.29 is 0 Å². The number of hydrogen-bond acceptors (Lipinski definition) is 4. The minimum atomic E-state index is 0.815. The first kappa shape index (κ1) is 9.75. The predicted octanol–water partition coefficient (Wildman–Crippen LogP) is 1.33. The van der Waals surface area contributed by atoms with Crippen LogP contribution in [0.5, 0.6) is 0 Å². The number of thiazole rings is 1. The molecule has 0 radical (unpaired) electrons. The maximum absolute atomic E-state index is 4.38. The lowest BCUT2D eigenvalue weighted by molar-refractivity contribution is 0.184. The van der Waals surface area contributed by atoms with Gasteiger partial charge in [-0.2, -0.15) is 0 Å². The molecule has 0 spiro atoms. The fourth-order valence-corrected chi connectivity index (χ4v) is 3.52. The zero-order chi connectivity index (χ0) is 10.1. The lowest BCUT2D eigenvalue weighted by Crippen LogP contribution is -2.43. The van der Waals surface area contributed by atoms with Crippen LogP contribution in [-0.4, -0.2) is 35.6 Å². The Morgan fingerprint density at radius 1 is 1.53 bits per heavy atom. The van der Waals surface area contributed by atoms with E-state index in [1.807, 2.05) is 6.20 Å². The molecule has 15 heavy (non-hydrogen) atoms. The molecule has 0 aliphatic carbocycles. The van der Waals surface area contributed by atoms with E-state index in [1.54, 1.807) is 11.3 Å². The smallest absolute Gasteiger partial charge is 0.107 e. The highest BCUT2D eigenvalue weighted by Gasteiger charge is 2.35. The van der Waals surface area contributed by atoms with Crippen molar-refractivity contribution in [3.63, 3.8) is 0 Å². The summed E-state index contributed by atoms with van der Waals surface area (Å²) in [5, 5.41) is 6.84. The third-order valence-corrected chi connectivity index (χ3v) is 4.41. The van der Waals surface area contributed by atoms with Gasteiger partial charge in [-0.1, -0.05) is 0 Å². The molecule has 0 bridgehead atoms. The summed E-state index contributed by atoms with van der Waals surface area (Å²) >= 11 is 1.78. The van der Waals surface area contributed by atoms with Gasteiger partial charge in [-0.15, -0.1) is 11.3 Å². The Bertz CT molecular complexity index is 312. The van der Waals surface area contributed by atoms with Gasteiger partial charge in [-0.25, -0.2) is 4.98 Å². The van der Waals surface area contributed by atoms with E-state index in [0.717, 1.165) is 18.5 Å². The average molecular weight is 223 g/mol. The van der Waals surface area contributed by atoms with Crippen molar-refractivity contribution in [3.8, 4) is 0 Å². The lowest BCUT2D eigenvalue weighted by atomic mass is 9.94. The molecule has 2 fully saturated rings. The van der Waals surface area contributed by atoms with Crippen LogP contribution in [0.15, 0.2) is 11.6 Å². The molecule has 2 aliphatic heterocycles. The van der Waals surface area contributed by atoms with E-state index in [0.29, 0.717) is 0 Å². The van der Waals surface area contributed by atoms with Crippen LogP contribution >= 0.6 is 11.3 Å². The average Bonchev–Trinajstić information content (AvgIpc) is 2.89. The van der Waals surface area contributed by atoms with Gasteiger partial charge < -0.3 is 5.32 Å². The van der Waals surface area contributed by atoms with Crippen molar-refractivity contribution in [1.82, 2.24) is 15.2 Å². The van der Waals surface area contributed by atoms with Crippen LogP contribution in [0.2, 0.25) is 0 Å². The minimum absolute atomic E-state index is 0.815. The summed E-state index contributed by atoms with van der Waals surface area (Å²) in [7, 11) is 0. The highest BCUT2D eigenvalue weighted by Crippen LogP contribution is 2.29. The normalized spacial score (nSPS) is 31.7. The van der Waals surface area contributed by atoms with Crippen molar-refractivity contribution >= 4 is 11.3 Å². The Morgan fingerprint density at radius 2 is 2.53 bits per heavy atom. The van der Waals surface area contributed by atoms with Crippen LogP contribution in [0.25, 0.3) is 0 Å². The Kier molecular flexibility index (Phi) is 2.73. The maximum Gasteiger partial charge on any atom is 0.107 e. The van der Waals surface area contributed by atoms with Crippen LogP contribution in [0.1, 0.15) is 17.8 Å². The molecule has 1 aromatic rings. The molecule has 0 amide bonds. The molecule has 1 aromatic heterocycles. The molecule has 0 unspecified atom stereocenters. The fourth-order valence-electron chi connectivity index (χ4n) is 2.88. The van der Waals surface area contributed by atoms with Gasteiger partial charge in [-0.3, -0.25) is 4.90 Å². The molecule has 1 N–H and O–H groups in total. The van der Waals surface area contributed by atoms with Crippen molar-refractivity contribution in [2.75, 3.05) is 19.6 Å². The van der Waals surface area contributed by atoms with E-state index in [2.05, 4.69) is 20.6 Å². The SMILES string of the molecule is c1csc(CN2CC[C@H]3CNCC[C@@H]32)n1. The molecule has 2 aliphatic rings. The maximum atomic E-state index is 4.38. The number of aromatic nitrogens is 1. The van der Waals surface area contributed by atoms with Crippen LogP contribution in [-0.2, 0) is 6.54 Å². The highest BCUT2D eigenvalue weighted by atomic mass is 32.1. The number of likely N-dealkylation sites (tertiary alicyclic amines) is 1. The van der Waals surface area contributed by atoms with Crippen molar-refractivity contribution in [3.05, 3.63) is 16.6 Å². The van der Waals surface area contributed by atoms with E-state index in [-0.39, 0.29) is 0 Å². The zero-order valence-corrected chi connectivity index (χ0v) is 9.67. The lowest BCUT2D eigenvalue weighted by Gasteiger charge is -2.31. The quantitative estimate of drug-likeness (QED) is 0.820. The van der Waals surface area contributed by atoms with E-state index in [9.17, 15) is 0 Å². The molecule has 3 heterocycles. The number of hydrogen-bond donors (Lipinski definition) is 1. The summed E-state index contributed by atoms with van der Waals surface area (Å²) in [6.45, 7) is 4.74. The molecule has 2 atom stereocenters. The molecule has 0 aromatic carbocycles. The number of nitrogens with one attached hydrogen (secondary N) is 1. The predicted molar refractivity (Wildman–Crippen MR) is 61.9 cm³/mol. The van der Waals surface area contributed by atoms with Crippen LogP contribution in [0.4, 0.5) is 0 Å². The largest absolute Gasteiger partial charge is 0.316 e. The van der Waals surface area contributed by atoms with Crippen LogP contribution in [0.3, 0.4) is 0 Å². The van der Waals surface area contributed by atoms with Crippen LogP contribution < -0.4 is 5.32 Å². The first-order valence-corrected chi connectivity index (χ1v) is 6.64. The third kappa shape index (κ3) is 1.94. The summed E-state index contributed by atoms with van der Waals surface area (Å²) in [4.78, 5) is 7.01. The summed E-state index contributed by atoms with van der Waals surface area (Å²) < 4.78 is 0. The monoisotopic (exact) mass is 223 g/mol. The van der Waals surface area contributed by atoms with E-state index < -0.39 is 0 Å². The van der Waals surface area contributed by atoms with E-state index in [1.165, 1.54) is 37.5 Å². The first-order chi connectivity index (χ1) is 7.43. The van der Waals surface area contributed by atoms with Crippen molar-refractivity contribution in [2.45, 2.75) is 25.4 Å². The highest BCUT2D eigenvalue weighted by molar-refractivity contribution is 7.09. The molecule has 4 heteroatoms. The standard InChI is InChI=1S/C11H17N3S/c1-3-12-7-9-2-5-14(10(1)9)8-11-13-4-6-15-11/h4,6,9-10,12H,1-3,5,7-8H2/t9-,10-/m0/s1. The fraction of sp³-hybridized carbons (Fsp3) is 0.727. The van der Waals surface area contributed by atoms with Gasteiger partial charge in [0.25, 0.3) is 0 Å². The molecule has 3 rings (SSSR count). The second kappa shape index (κ2) is 4.20. The number of piperidine rings is 1. The minimum Gasteiger partial charge on any atom is -0.316 e. The molecule has 3 nitrogen and oxygen atoms in total. The summed E-state index contributed by atoms with van der Waals surface area (Å²) in [5.41, 5.74) is 0. The van der Waals surface area contributed by atoms with Crippen molar-refractivity contribution in [2.24, 2.45) is 5.92 Å². The number of rotatable bonds is 2. The van der Waals surface area contributed by atoms with Gasteiger partial charge in [0.1, 0.15) is 5.01 Å². The topological polar surface area (TPSA) is 28.2 Å². The van der Waals surface area contributed by atoms with Crippen molar-refractivity contribution in [1.29, 1.82) is 0 Å². The Hall–Kier alpha value is -0.450. The molecular weight excluding hydrogens is 206 g/mol. The van der Waals surface area contributed by atoms with E-state index >= 15 is 0 Å². The molecule has 2 saturated heterocycles. The van der Waals surface area contributed by atoms with Gasteiger partial charge in [-0.05, 0) is 38.4 Å². The Morgan fingerprint density at radius 3 is 3.40 bits per heavy atom. The van der Waals surface area contributed by atoms with Gasteiger partial charge in [0, 0.05) is 17.6 Å². The Labute approximate surface area is 94.5 Å². The zero-order valence-electron chi connectivity index (χ0n) is 8.85. The Balaban J connectivity index is 1.67. The summed E-state index contributed by atoms with van der Waals surface area (Å²) in [5.74, 6) is 0.888. The third-order valence-electron chi connectivity index (χ3n) is 3.65. The molecular formula is C11H17N3S. The van der Waals surface area contributed by atoms with Gasteiger partial charge in [0.2, 0.25) is 0 Å². The van der Waals surface area contributed by atoms with Crippen LogP contribution in [0, 0.1) is 5.92 Å². The van der Waals surface area contributed by atoms with Gasteiger partial charge >= 0.3 is 0 Å². The molecule has 82 valence electrons. The second-order valence-electron chi connectivity index (χ2n) is 4.51. The van der Waals surface area contributed by atoms with E-state index in [4.69, 9.17) is 0 Å². The number of fused-ring (bicyclic) bond motifs is 1. The molecule has 0 saturated carbocycles. The summed E-state index contributed by atoms with van der Waals surface area (Å²) in [6.07, 6.45) is 4.59. The van der Waals surface area contributed by atoms with Gasteiger partial charge in [0.05, 0.1) is 6.54 Å². The van der Waals surface area contributed by atoms with Gasteiger partial charge in [0.15, 0.2) is 0 Å². The first-order valence-electron chi connectivity index (χ1n) is 5.76. The summed E-state index contributed by atoms with van der Waals surface area (Å²) in [6, 6.07) is 0.815.